The maximum absolute atomic E-state index is 5.69. The van der Waals surface area contributed by atoms with E-state index in [4.69, 9.17) is 5.73 Å². The van der Waals surface area contributed by atoms with E-state index in [1.54, 1.807) is 11.3 Å². The van der Waals surface area contributed by atoms with Crippen LogP contribution in [0.25, 0.3) is 10.6 Å². The highest BCUT2D eigenvalue weighted by Crippen LogP contribution is 2.34. The van der Waals surface area contributed by atoms with Gasteiger partial charge in [-0.2, -0.15) is 0 Å². The molecule has 2 aromatic rings. The lowest BCUT2D eigenvalue weighted by Gasteiger charge is -2.13. The molecule has 5 heteroatoms. The van der Waals surface area contributed by atoms with E-state index in [-0.39, 0.29) is 5.41 Å². The first-order chi connectivity index (χ1) is 7.38. The molecule has 3 nitrogen and oxygen atoms in total. The molecule has 0 saturated heterocycles. The predicted octanol–water partition coefficient (Wildman–Crippen LogP) is 3.45. The number of hydrogen-bond donors (Lipinski definition) is 1. The Morgan fingerprint density at radius 3 is 2.38 bits per heavy atom. The summed E-state index contributed by atoms with van der Waals surface area (Å²) < 4.78 is 0. The fourth-order valence-electron chi connectivity index (χ4n) is 1.38. The second-order valence-corrected chi connectivity index (χ2v) is 6.64. The summed E-state index contributed by atoms with van der Waals surface area (Å²) >= 11 is 3.20. The lowest BCUT2D eigenvalue weighted by Crippen LogP contribution is -2.10. The highest BCUT2D eigenvalue weighted by molar-refractivity contribution is 7.19. The SMILES string of the molecule is Cc1nc(N)sc1-c1csc(C(C)(C)C)n1. The van der Waals surface area contributed by atoms with Crippen molar-refractivity contribution in [3.63, 3.8) is 0 Å². The number of thiazole rings is 2. The zero-order valence-corrected chi connectivity index (χ0v) is 11.5. The zero-order chi connectivity index (χ0) is 11.9. The summed E-state index contributed by atoms with van der Waals surface area (Å²) in [4.78, 5) is 9.97. The average molecular weight is 253 g/mol. The third kappa shape index (κ3) is 2.10. The Morgan fingerprint density at radius 1 is 1.25 bits per heavy atom. The molecule has 0 fully saturated rings. The molecule has 86 valence electrons. The van der Waals surface area contributed by atoms with Crippen molar-refractivity contribution in [3.05, 3.63) is 16.1 Å². The maximum Gasteiger partial charge on any atom is 0.180 e. The summed E-state index contributed by atoms with van der Waals surface area (Å²) in [6.07, 6.45) is 0. The molecule has 0 unspecified atom stereocenters. The standard InChI is InChI=1S/C11H15N3S2/c1-6-8(16-10(12)13-6)7-5-15-9(14-7)11(2,3)4/h5H,1-4H3,(H2,12,13). The highest BCUT2D eigenvalue weighted by atomic mass is 32.1. The number of rotatable bonds is 1. The minimum atomic E-state index is 0.104. The van der Waals surface area contributed by atoms with Crippen LogP contribution < -0.4 is 5.73 Å². The molecule has 0 spiro atoms. The van der Waals surface area contributed by atoms with E-state index in [1.807, 2.05) is 6.92 Å². The van der Waals surface area contributed by atoms with Gasteiger partial charge in [-0.25, -0.2) is 9.97 Å². The molecule has 0 atom stereocenters. The first-order valence-electron chi connectivity index (χ1n) is 5.07. The summed E-state index contributed by atoms with van der Waals surface area (Å²) in [7, 11) is 0. The van der Waals surface area contributed by atoms with E-state index in [0.29, 0.717) is 5.13 Å². The van der Waals surface area contributed by atoms with Crippen LogP contribution in [0.15, 0.2) is 5.38 Å². The minimum Gasteiger partial charge on any atom is -0.375 e. The first-order valence-corrected chi connectivity index (χ1v) is 6.77. The second-order valence-electron chi connectivity index (χ2n) is 4.75. The molecule has 2 heterocycles. The molecule has 16 heavy (non-hydrogen) atoms. The van der Waals surface area contributed by atoms with Crippen LogP contribution in [0.3, 0.4) is 0 Å². The van der Waals surface area contributed by atoms with Crippen LogP contribution in [-0.4, -0.2) is 9.97 Å². The monoisotopic (exact) mass is 253 g/mol. The number of aryl methyl sites for hydroxylation is 1. The van der Waals surface area contributed by atoms with Gasteiger partial charge in [0.05, 0.1) is 21.3 Å². The van der Waals surface area contributed by atoms with Crippen molar-refractivity contribution in [2.75, 3.05) is 5.73 Å². The third-order valence-corrected chi connectivity index (χ3v) is 4.47. The fourth-order valence-corrected chi connectivity index (χ4v) is 3.14. The van der Waals surface area contributed by atoms with Crippen molar-refractivity contribution in [1.29, 1.82) is 0 Å². The molecule has 0 bridgehead atoms. The van der Waals surface area contributed by atoms with Crippen molar-refractivity contribution in [3.8, 4) is 10.6 Å². The van der Waals surface area contributed by atoms with Crippen LogP contribution in [0.5, 0.6) is 0 Å². The Bertz CT molecular complexity index is 506. The molecular formula is C11H15N3S2. The summed E-state index contributed by atoms with van der Waals surface area (Å²) in [5.41, 5.74) is 7.76. The molecule has 2 aromatic heterocycles. The number of anilines is 1. The van der Waals surface area contributed by atoms with E-state index in [2.05, 4.69) is 36.1 Å². The first kappa shape index (κ1) is 11.5. The highest BCUT2D eigenvalue weighted by Gasteiger charge is 2.19. The van der Waals surface area contributed by atoms with Gasteiger partial charge in [-0.15, -0.1) is 11.3 Å². The molecule has 0 radical (unpaired) electrons. The summed E-state index contributed by atoms with van der Waals surface area (Å²) in [6.45, 7) is 8.48. The van der Waals surface area contributed by atoms with Gasteiger partial charge in [-0.3, -0.25) is 0 Å². The summed E-state index contributed by atoms with van der Waals surface area (Å²) in [6, 6.07) is 0. The largest absolute Gasteiger partial charge is 0.375 e. The van der Waals surface area contributed by atoms with E-state index in [9.17, 15) is 0 Å². The molecular weight excluding hydrogens is 238 g/mol. The van der Waals surface area contributed by atoms with Gasteiger partial charge in [0, 0.05) is 10.8 Å². The van der Waals surface area contributed by atoms with Crippen molar-refractivity contribution in [1.82, 2.24) is 9.97 Å². The lowest BCUT2D eigenvalue weighted by atomic mass is 9.98. The smallest absolute Gasteiger partial charge is 0.180 e. The number of nitrogens with two attached hydrogens (primary N) is 1. The molecule has 0 saturated carbocycles. The van der Waals surface area contributed by atoms with Gasteiger partial charge in [-0.1, -0.05) is 32.1 Å². The molecule has 2 rings (SSSR count). The van der Waals surface area contributed by atoms with Crippen molar-refractivity contribution >= 4 is 27.8 Å². The molecule has 0 aromatic carbocycles. The third-order valence-electron chi connectivity index (χ3n) is 2.19. The number of nitrogen functional groups attached to an aromatic ring is 1. The second kappa shape index (κ2) is 3.82. The molecule has 0 aliphatic rings. The number of hydrogen-bond acceptors (Lipinski definition) is 5. The van der Waals surface area contributed by atoms with Crippen LogP contribution in [0.1, 0.15) is 31.5 Å². The van der Waals surface area contributed by atoms with E-state index in [0.717, 1.165) is 21.3 Å². The average Bonchev–Trinajstić information content (AvgIpc) is 2.70. The minimum absolute atomic E-state index is 0.104. The Hall–Kier alpha value is -0.940. The molecule has 0 amide bonds. The van der Waals surface area contributed by atoms with E-state index >= 15 is 0 Å². The van der Waals surface area contributed by atoms with Gasteiger partial charge in [-0.05, 0) is 6.92 Å². The normalized spacial score (nSPS) is 12.0. The fraction of sp³-hybridized carbons (Fsp3) is 0.455. The summed E-state index contributed by atoms with van der Waals surface area (Å²) in [5, 5.41) is 3.84. The van der Waals surface area contributed by atoms with Crippen molar-refractivity contribution in [2.45, 2.75) is 33.1 Å². The van der Waals surface area contributed by atoms with Crippen LogP contribution in [0.4, 0.5) is 5.13 Å². The predicted molar refractivity (Wildman–Crippen MR) is 71.1 cm³/mol. The Morgan fingerprint density at radius 2 is 1.94 bits per heavy atom. The van der Waals surface area contributed by atoms with Gasteiger partial charge >= 0.3 is 0 Å². The zero-order valence-electron chi connectivity index (χ0n) is 9.87. The number of aromatic nitrogens is 2. The van der Waals surface area contributed by atoms with Crippen molar-refractivity contribution in [2.24, 2.45) is 0 Å². The number of nitrogens with zero attached hydrogens (tertiary/aromatic N) is 2. The van der Waals surface area contributed by atoms with Gasteiger partial charge in [0.25, 0.3) is 0 Å². The van der Waals surface area contributed by atoms with E-state index < -0.39 is 0 Å². The quantitative estimate of drug-likeness (QED) is 0.846. The van der Waals surface area contributed by atoms with Gasteiger partial charge in [0.1, 0.15) is 0 Å². The summed E-state index contributed by atoms with van der Waals surface area (Å²) in [5.74, 6) is 0. The topological polar surface area (TPSA) is 51.8 Å². The Balaban J connectivity index is 2.43. The lowest BCUT2D eigenvalue weighted by molar-refractivity contribution is 0.586. The van der Waals surface area contributed by atoms with Crippen LogP contribution >= 0.6 is 22.7 Å². The van der Waals surface area contributed by atoms with Gasteiger partial charge in [0.2, 0.25) is 0 Å². The van der Waals surface area contributed by atoms with Crippen molar-refractivity contribution < 1.29 is 0 Å². The van der Waals surface area contributed by atoms with Crippen LogP contribution in [0, 0.1) is 6.92 Å². The Kier molecular flexibility index (Phi) is 2.75. The molecule has 0 aliphatic carbocycles. The Labute approximate surface area is 103 Å². The molecule has 2 N–H and O–H groups in total. The molecule has 0 aliphatic heterocycles. The van der Waals surface area contributed by atoms with Gasteiger partial charge < -0.3 is 5.73 Å². The van der Waals surface area contributed by atoms with Gasteiger partial charge in [0.15, 0.2) is 5.13 Å². The van der Waals surface area contributed by atoms with E-state index in [1.165, 1.54) is 11.3 Å². The van der Waals surface area contributed by atoms with Crippen LogP contribution in [-0.2, 0) is 5.41 Å². The van der Waals surface area contributed by atoms with Crippen LogP contribution in [0.2, 0.25) is 0 Å². The maximum atomic E-state index is 5.69.